The first-order chi connectivity index (χ1) is 26.9. The van der Waals surface area contributed by atoms with Crippen molar-refractivity contribution in [3.8, 4) is 16.9 Å². The number of phenolic OH excluding ortho intramolecular Hbond substituents is 1. The Balaban J connectivity index is 1.30. The van der Waals surface area contributed by atoms with Crippen molar-refractivity contribution in [2.45, 2.75) is 84.1 Å². The van der Waals surface area contributed by atoms with E-state index in [0.29, 0.717) is 23.5 Å². The summed E-state index contributed by atoms with van der Waals surface area (Å²) in [6.07, 6.45) is 13.7. The summed E-state index contributed by atoms with van der Waals surface area (Å²) in [6, 6.07) is 24.4. The first-order valence-electron chi connectivity index (χ1n) is 20.4. The number of allylic oxidation sites excluding steroid dienone is 5. The Morgan fingerprint density at radius 1 is 0.891 bits per heavy atom. The summed E-state index contributed by atoms with van der Waals surface area (Å²) in [5.41, 5.74) is 7.78. The second kappa shape index (κ2) is 15.8. The number of rotatable bonds is 14. The zero-order chi connectivity index (χ0) is 38.1. The zero-order valence-corrected chi connectivity index (χ0v) is 32.1. The number of cyclic esters (lactones) is 2. The third kappa shape index (κ3) is 6.69. The number of fused-ring (bicyclic) bond motifs is 1. The number of carbonyl (C=O) groups is 2. The molecule has 1 saturated carbocycles. The van der Waals surface area contributed by atoms with Crippen LogP contribution in [0.2, 0.25) is 0 Å². The molecule has 9 rings (SSSR count). The van der Waals surface area contributed by atoms with Crippen LogP contribution in [0.5, 0.6) is 5.75 Å². The molecule has 0 amide bonds. The number of benzene rings is 3. The lowest BCUT2D eigenvalue weighted by atomic mass is 9.44. The number of aromatic hydroxyl groups is 1. The van der Waals surface area contributed by atoms with Crippen molar-refractivity contribution in [2.24, 2.45) is 29.1 Å². The van der Waals surface area contributed by atoms with E-state index >= 15 is 0 Å². The first kappa shape index (κ1) is 37.2. The van der Waals surface area contributed by atoms with E-state index in [1.54, 1.807) is 6.07 Å². The quantitative estimate of drug-likeness (QED) is 0.112. The summed E-state index contributed by atoms with van der Waals surface area (Å²) in [6.45, 7) is 3.11. The molecular weight excluding hydrogens is 687 g/mol. The number of hydrogen-bond donors (Lipinski definition) is 3. The fourth-order valence-electron chi connectivity index (χ4n) is 10.6. The van der Waals surface area contributed by atoms with Gasteiger partial charge in [-0.3, -0.25) is 0 Å². The third-order valence-corrected chi connectivity index (χ3v) is 12.9. The number of carbonyl (C=O) groups excluding carboxylic acids is 2. The highest BCUT2D eigenvalue weighted by Gasteiger charge is 2.68. The number of unbranched alkanes of at least 4 members (excludes halogenated alkanes) is 4. The van der Waals surface area contributed by atoms with Crippen molar-refractivity contribution in [3.05, 3.63) is 130 Å². The predicted octanol–water partition coefficient (Wildman–Crippen LogP) is 9.36. The molecule has 2 aliphatic heterocycles. The maximum Gasteiger partial charge on any atom is 0.340 e. The summed E-state index contributed by atoms with van der Waals surface area (Å²) in [7, 11) is 1.93. The largest absolute Gasteiger partial charge is 0.508 e. The fraction of sp³-hybridized carbons (Fsp3) is 0.417. The standard InChI is InChI=1S/C48H53NO6/c1-3-30(25-31-13-8-7-9-14-31)27-41-48-23-22-36(37-20-21-38-40(17-10-5-4-6-11-24-50)54-46(52)43(38)44(37)48)42(45(48)47(53)55-41)39-28-34(51)18-19-35(39)33-16-12-15-32(26-33)29-49-2/h7-9,12-19,26-28,30,36-37,44,49-51H,3-6,10-11,20-25,29H2,1-2H3/t30-,36+,37+,44+,48+/m0/s1. The molecule has 286 valence electrons. The van der Waals surface area contributed by atoms with Gasteiger partial charge in [0.25, 0.3) is 0 Å². The Morgan fingerprint density at radius 3 is 2.51 bits per heavy atom. The normalized spacial score (nSPS) is 26.0. The van der Waals surface area contributed by atoms with Gasteiger partial charge in [0, 0.05) is 30.2 Å². The number of hydrogen-bond acceptors (Lipinski definition) is 7. The smallest absolute Gasteiger partial charge is 0.340 e. The van der Waals surface area contributed by atoms with Gasteiger partial charge in [-0.2, -0.15) is 0 Å². The van der Waals surface area contributed by atoms with Crippen LogP contribution >= 0.6 is 0 Å². The van der Waals surface area contributed by atoms with Crippen molar-refractivity contribution in [3.63, 3.8) is 0 Å². The molecule has 2 heterocycles. The molecule has 3 aromatic rings. The van der Waals surface area contributed by atoms with E-state index in [0.717, 1.165) is 110 Å². The van der Waals surface area contributed by atoms with Gasteiger partial charge in [0.15, 0.2) is 0 Å². The van der Waals surface area contributed by atoms with E-state index in [2.05, 4.69) is 72.9 Å². The van der Waals surface area contributed by atoms with Gasteiger partial charge in [0.2, 0.25) is 0 Å². The molecule has 7 nitrogen and oxygen atoms in total. The number of phenols is 1. The first-order valence-corrected chi connectivity index (χ1v) is 20.4. The molecule has 4 aliphatic carbocycles. The summed E-state index contributed by atoms with van der Waals surface area (Å²) >= 11 is 0. The maximum atomic E-state index is 14.7. The van der Waals surface area contributed by atoms with E-state index in [4.69, 9.17) is 9.47 Å². The molecule has 55 heavy (non-hydrogen) atoms. The van der Waals surface area contributed by atoms with Crippen LogP contribution in [0.25, 0.3) is 16.7 Å². The van der Waals surface area contributed by atoms with Crippen molar-refractivity contribution in [1.82, 2.24) is 5.32 Å². The molecule has 6 aliphatic rings. The minimum absolute atomic E-state index is 0.00233. The highest BCUT2D eigenvalue weighted by Crippen LogP contribution is 2.72. The van der Waals surface area contributed by atoms with Crippen LogP contribution in [0.1, 0.15) is 87.8 Å². The highest BCUT2D eigenvalue weighted by molar-refractivity contribution is 6.07. The predicted molar refractivity (Wildman–Crippen MR) is 214 cm³/mol. The molecule has 1 saturated heterocycles. The monoisotopic (exact) mass is 739 g/mol. The second-order valence-electron chi connectivity index (χ2n) is 16.1. The summed E-state index contributed by atoms with van der Waals surface area (Å²) in [5, 5.41) is 23.5. The average Bonchev–Trinajstić information content (AvgIpc) is 3.68. The molecule has 2 bridgehead atoms. The van der Waals surface area contributed by atoms with E-state index in [1.165, 1.54) is 5.56 Å². The molecular formula is C48H53NO6. The Bertz CT molecular complexity index is 2090. The SMILES string of the molecule is CC[C@H](C=C1OC(=O)C2=C(c3cc(O)ccc3-c3cccc(CNC)c3)[C@@H]3CC[C@]12[C@H]1C2=C(CC[C@H]31)C(=CCCCCCCO)OC2=O)Cc1ccccc1. The van der Waals surface area contributed by atoms with Gasteiger partial charge in [0.1, 0.15) is 17.3 Å². The average molecular weight is 740 g/mol. The summed E-state index contributed by atoms with van der Waals surface area (Å²) in [5.74, 6) is 0.874. The van der Waals surface area contributed by atoms with Crippen LogP contribution in [-0.4, -0.2) is 35.8 Å². The molecule has 7 heteroatoms. The van der Waals surface area contributed by atoms with Crippen LogP contribution in [0.4, 0.5) is 0 Å². The van der Waals surface area contributed by atoms with E-state index in [9.17, 15) is 19.8 Å². The van der Waals surface area contributed by atoms with Crippen LogP contribution in [0.3, 0.4) is 0 Å². The number of esters is 2. The maximum absolute atomic E-state index is 14.7. The van der Waals surface area contributed by atoms with Crippen molar-refractivity contribution in [1.29, 1.82) is 0 Å². The van der Waals surface area contributed by atoms with Gasteiger partial charge in [-0.1, -0.05) is 74.4 Å². The van der Waals surface area contributed by atoms with Gasteiger partial charge in [0.05, 0.1) is 11.0 Å². The van der Waals surface area contributed by atoms with E-state index in [1.807, 2.05) is 25.2 Å². The summed E-state index contributed by atoms with van der Waals surface area (Å²) < 4.78 is 12.7. The van der Waals surface area contributed by atoms with Crippen LogP contribution in [-0.2, 0) is 32.0 Å². The Morgan fingerprint density at radius 2 is 1.71 bits per heavy atom. The van der Waals surface area contributed by atoms with Gasteiger partial charge < -0.3 is 25.0 Å². The molecule has 3 aromatic carbocycles. The molecule has 5 atom stereocenters. The van der Waals surface area contributed by atoms with Gasteiger partial charge in [-0.25, -0.2) is 9.59 Å². The fourth-order valence-corrected chi connectivity index (χ4v) is 10.6. The lowest BCUT2D eigenvalue weighted by Crippen LogP contribution is -2.52. The Kier molecular flexibility index (Phi) is 10.7. The minimum atomic E-state index is -0.827. The molecule has 3 N–H and O–H groups in total. The molecule has 0 radical (unpaired) electrons. The van der Waals surface area contributed by atoms with Crippen molar-refractivity contribution >= 4 is 17.5 Å². The third-order valence-electron chi connectivity index (χ3n) is 12.9. The van der Waals surface area contributed by atoms with Gasteiger partial charge >= 0.3 is 11.9 Å². The van der Waals surface area contributed by atoms with Crippen LogP contribution in [0, 0.1) is 29.1 Å². The number of nitrogens with one attached hydrogen (secondary N) is 1. The number of ether oxygens (including phenoxy) is 2. The minimum Gasteiger partial charge on any atom is -0.508 e. The Labute approximate surface area is 324 Å². The van der Waals surface area contributed by atoms with Gasteiger partial charge in [-0.15, -0.1) is 0 Å². The lowest BCUT2D eigenvalue weighted by Gasteiger charge is -2.56. The van der Waals surface area contributed by atoms with E-state index in [-0.39, 0.29) is 48.0 Å². The van der Waals surface area contributed by atoms with Gasteiger partial charge in [-0.05, 0) is 146 Å². The van der Waals surface area contributed by atoms with E-state index < -0.39 is 5.41 Å². The topological polar surface area (TPSA) is 105 Å². The molecule has 0 aromatic heterocycles. The zero-order valence-electron chi connectivity index (χ0n) is 32.1. The highest BCUT2D eigenvalue weighted by atomic mass is 16.5. The molecule has 2 fully saturated rings. The number of aliphatic hydroxyl groups excluding tert-OH is 1. The Hall–Kier alpha value is -4.72. The number of aliphatic hydroxyl groups is 1. The van der Waals surface area contributed by atoms with Crippen molar-refractivity contribution < 1.29 is 29.3 Å². The second-order valence-corrected chi connectivity index (χ2v) is 16.1. The van der Waals surface area contributed by atoms with Crippen molar-refractivity contribution in [2.75, 3.05) is 13.7 Å². The summed E-state index contributed by atoms with van der Waals surface area (Å²) in [4.78, 5) is 28.9. The lowest BCUT2D eigenvalue weighted by molar-refractivity contribution is -0.135. The molecule has 0 unspecified atom stereocenters. The molecule has 1 spiro atoms. The van der Waals surface area contributed by atoms with Crippen LogP contribution < -0.4 is 5.32 Å². The van der Waals surface area contributed by atoms with Crippen LogP contribution in [0.15, 0.2) is 113 Å².